The van der Waals surface area contributed by atoms with Crippen LogP contribution in [0.15, 0.2) is 11.5 Å². The van der Waals surface area contributed by atoms with E-state index in [0.29, 0.717) is 0 Å². The lowest BCUT2D eigenvalue weighted by Gasteiger charge is -1.96. The number of rotatable bonds is 1. The maximum atomic E-state index is 2.26. The van der Waals surface area contributed by atoms with Gasteiger partial charge in [-0.15, -0.1) is 0 Å². The minimum atomic E-state index is 0.796. The van der Waals surface area contributed by atoms with Crippen molar-refractivity contribution in [2.75, 3.05) is 0 Å². The first-order chi connectivity index (χ1) is 3.43. The van der Waals surface area contributed by atoms with E-state index in [1.165, 1.54) is 6.42 Å². The third-order valence-corrected chi connectivity index (χ3v) is 3.46. The average molecular weight is 132 g/mol. The summed E-state index contributed by atoms with van der Waals surface area (Å²) in [6.45, 7) is 2.22. The number of hydrogen-bond acceptors (Lipinski definition) is 2. The van der Waals surface area contributed by atoms with Crippen molar-refractivity contribution in [1.29, 1.82) is 0 Å². The molecule has 2 heteroatoms. The minimum absolute atomic E-state index is 0.796. The van der Waals surface area contributed by atoms with Crippen LogP contribution in [0.2, 0.25) is 0 Å². The highest BCUT2D eigenvalue weighted by molar-refractivity contribution is 8.78. The molecule has 0 saturated carbocycles. The molecule has 0 amide bonds. The van der Waals surface area contributed by atoms with Gasteiger partial charge in [0.1, 0.15) is 0 Å². The first-order valence-electron chi connectivity index (χ1n) is 2.42. The van der Waals surface area contributed by atoms with Gasteiger partial charge in [-0.1, -0.05) is 34.6 Å². The Bertz CT molecular complexity index is 78.1. The summed E-state index contributed by atoms with van der Waals surface area (Å²) in [5.74, 6) is 0. The maximum absolute atomic E-state index is 2.26. The molecule has 1 unspecified atom stereocenters. The van der Waals surface area contributed by atoms with Crippen LogP contribution in [0.25, 0.3) is 0 Å². The average Bonchev–Trinajstić information content (AvgIpc) is 2.14. The van der Waals surface area contributed by atoms with Crippen LogP contribution in [0.5, 0.6) is 0 Å². The van der Waals surface area contributed by atoms with Crippen LogP contribution in [0.4, 0.5) is 0 Å². The first kappa shape index (κ1) is 5.57. The molecule has 1 heterocycles. The summed E-state index contributed by atoms with van der Waals surface area (Å²) < 4.78 is 0. The molecule has 1 aliphatic rings. The molecule has 0 spiro atoms. The van der Waals surface area contributed by atoms with Crippen molar-refractivity contribution in [2.45, 2.75) is 18.6 Å². The van der Waals surface area contributed by atoms with Crippen molar-refractivity contribution in [3.05, 3.63) is 11.5 Å². The summed E-state index contributed by atoms with van der Waals surface area (Å²) in [7, 11) is 3.79. The SMILES string of the molecule is CCC1C=CSS1. The van der Waals surface area contributed by atoms with Gasteiger partial charge in [-0.05, 0) is 11.8 Å². The Morgan fingerprint density at radius 1 is 1.71 bits per heavy atom. The Kier molecular flexibility index (Phi) is 2.13. The van der Waals surface area contributed by atoms with Crippen LogP contribution in [-0.2, 0) is 0 Å². The molecule has 0 bridgehead atoms. The fraction of sp³-hybridized carbons (Fsp3) is 0.600. The van der Waals surface area contributed by atoms with Crippen LogP contribution < -0.4 is 0 Å². The predicted octanol–water partition coefficient (Wildman–Crippen LogP) is 2.67. The van der Waals surface area contributed by atoms with E-state index in [1.54, 1.807) is 0 Å². The number of hydrogen-bond donors (Lipinski definition) is 0. The highest BCUT2D eigenvalue weighted by Gasteiger charge is 2.05. The van der Waals surface area contributed by atoms with Crippen molar-refractivity contribution in [2.24, 2.45) is 0 Å². The molecular formula is C5H8S2. The van der Waals surface area contributed by atoms with Gasteiger partial charge in [0.05, 0.1) is 0 Å². The van der Waals surface area contributed by atoms with Gasteiger partial charge in [0.2, 0.25) is 0 Å². The molecule has 7 heavy (non-hydrogen) atoms. The van der Waals surface area contributed by atoms with E-state index in [2.05, 4.69) is 18.4 Å². The third-order valence-electron chi connectivity index (χ3n) is 0.930. The molecule has 0 aliphatic carbocycles. The van der Waals surface area contributed by atoms with Crippen LogP contribution in [0, 0.1) is 0 Å². The van der Waals surface area contributed by atoms with E-state index >= 15 is 0 Å². The fourth-order valence-corrected chi connectivity index (χ4v) is 2.71. The van der Waals surface area contributed by atoms with Gasteiger partial charge in [-0.25, -0.2) is 0 Å². The van der Waals surface area contributed by atoms with E-state index in [-0.39, 0.29) is 0 Å². The molecule has 40 valence electrons. The van der Waals surface area contributed by atoms with Crippen LogP contribution in [0.3, 0.4) is 0 Å². The zero-order valence-electron chi connectivity index (χ0n) is 4.26. The highest BCUT2D eigenvalue weighted by Crippen LogP contribution is 2.36. The van der Waals surface area contributed by atoms with Gasteiger partial charge in [0.25, 0.3) is 0 Å². The Labute approximate surface area is 52.1 Å². The lowest BCUT2D eigenvalue weighted by molar-refractivity contribution is 0.986. The molecule has 0 aromatic rings. The molecular weight excluding hydrogens is 124 g/mol. The van der Waals surface area contributed by atoms with E-state index in [4.69, 9.17) is 0 Å². The molecule has 0 fully saturated rings. The predicted molar refractivity (Wildman–Crippen MR) is 38.4 cm³/mol. The Morgan fingerprint density at radius 3 is 2.86 bits per heavy atom. The normalized spacial score (nSPS) is 29.0. The minimum Gasteiger partial charge on any atom is -0.0819 e. The zero-order chi connectivity index (χ0) is 5.11. The van der Waals surface area contributed by atoms with Gasteiger partial charge in [-0.2, -0.15) is 0 Å². The van der Waals surface area contributed by atoms with E-state index < -0.39 is 0 Å². The fourth-order valence-electron chi connectivity index (χ4n) is 0.459. The molecule has 0 saturated heterocycles. The first-order valence-corrected chi connectivity index (χ1v) is 4.70. The van der Waals surface area contributed by atoms with Crippen LogP contribution >= 0.6 is 21.6 Å². The molecule has 0 radical (unpaired) electrons. The van der Waals surface area contributed by atoms with Crippen molar-refractivity contribution in [1.82, 2.24) is 0 Å². The summed E-state index contributed by atoms with van der Waals surface area (Å²) in [5, 5.41) is 2.96. The molecule has 0 N–H and O–H groups in total. The summed E-state index contributed by atoms with van der Waals surface area (Å²) >= 11 is 0. The van der Waals surface area contributed by atoms with Crippen LogP contribution in [-0.4, -0.2) is 5.25 Å². The molecule has 1 aliphatic heterocycles. The van der Waals surface area contributed by atoms with Gasteiger partial charge >= 0.3 is 0 Å². The van der Waals surface area contributed by atoms with Crippen LogP contribution in [0.1, 0.15) is 13.3 Å². The second kappa shape index (κ2) is 2.68. The lowest BCUT2D eigenvalue weighted by Crippen LogP contribution is -1.86. The summed E-state index contributed by atoms with van der Waals surface area (Å²) in [6.07, 6.45) is 3.53. The van der Waals surface area contributed by atoms with Gasteiger partial charge in [0, 0.05) is 5.25 Å². The second-order valence-corrected chi connectivity index (χ2v) is 3.88. The van der Waals surface area contributed by atoms with E-state index in [0.717, 1.165) is 5.25 Å². The summed E-state index contributed by atoms with van der Waals surface area (Å²) in [6, 6.07) is 0. The van der Waals surface area contributed by atoms with Gasteiger partial charge < -0.3 is 0 Å². The zero-order valence-corrected chi connectivity index (χ0v) is 5.89. The van der Waals surface area contributed by atoms with Crippen molar-refractivity contribution in [3.63, 3.8) is 0 Å². The standard InChI is InChI=1S/C5H8S2/c1-2-5-3-4-6-7-5/h3-5H,2H2,1H3. The smallest absolute Gasteiger partial charge is 0.0339 e. The molecule has 1 atom stereocenters. The lowest BCUT2D eigenvalue weighted by atomic mass is 10.3. The second-order valence-electron chi connectivity index (χ2n) is 1.47. The van der Waals surface area contributed by atoms with Crippen molar-refractivity contribution in [3.8, 4) is 0 Å². The Hall–Kier alpha value is 0.440. The third kappa shape index (κ3) is 1.42. The molecule has 0 aromatic heterocycles. The van der Waals surface area contributed by atoms with Gasteiger partial charge in [-0.3, -0.25) is 0 Å². The highest BCUT2D eigenvalue weighted by atomic mass is 33.1. The van der Waals surface area contributed by atoms with Gasteiger partial charge in [0.15, 0.2) is 0 Å². The topological polar surface area (TPSA) is 0 Å². The van der Waals surface area contributed by atoms with Crippen molar-refractivity contribution >= 4 is 21.6 Å². The van der Waals surface area contributed by atoms with E-state index in [9.17, 15) is 0 Å². The van der Waals surface area contributed by atoms with E-state index in [1.807, 2.05) is 21.6 Å². The largest absolute Gasteiger partial charge is 0.0819 e. The quantitative estimate of drug-likeness (QED) is 0.503. The molecule has 1 rings (SSSR count). The Morgan fingerprint density at radius 2 is 2.57 bits per heavy atom. The summed E-state index contributed by atoms with van der Waals surface area (Å²) in [4.78, 5) is 0. The van der Waals surface area contributed by atoms with Crippen molar-refractivity contribution < 1.29 is 0 Å². The molecule has 0 aromatic carbocycles. The monoisotopic (exact) mass is 132 g/mol. The molecule has 0 nitrogen and oxygen atoms in total. The maximum Gasteiger partial charge on any atom is 0.0339 e. The summed E-state index contributed by atoms with van der Waals surface area (Å²) in [5.41, 5.74) is 0. The Balaban J connectivity index is 2.28.